The van der Waals surface area contributed by atoms with Crippen molar-refractivity contribution in [3.05, 3.63) is 162 Å². The monoisotopic (exact) mass is 842 g/mol. The van der Waals surface area contributed by atoms with Gasteiger partial charge in [-0.1, -0.05) is 134 Å². The Morgan fingerprint density at radius 3 is 2.08 bits per heavy atom. The molecule has 3 aliphatic rings. The summed E-state index contributed by atoms with van der Waals surface area (Å²) in [6.07, 6.45) is 0. The highest BCUT2D eigenvalue weighted by atomic mass is 32.1. The van der Waals surface area contributed by atoms with E-state index in [0.29, 0.717) is 0 Å². The van der Waals surface area contributed by atoms with Gasteiger partial charge in [-0.2, -0.15) is 0 Å². The summed E-state index contributed by atoms with van der Waals surface area (Å²) < 4.78 is 12.5. The Bertz CT molecular complexity index is 3900. The SMILES string of the molecule is CC(C)(C)c1ccc(N2B3c4cc5sc6ccccc6c5cc4-n4c5ccc(C(C)(C)C)cc5c5c6oc7ccccc7c6c(c3c54)-c3cc4c(cc32)-c2ccccc2C4(C)C)cc1. The van der Waals surface area contributed by atoms with E-state index in [9.17, 15) is 0 Å². The van der Waals surface area contributed by atoms with E-state index in [1.54, 1.807) is 0 Å². The van der Waals surface area contributed by atoms with Crippen LogP contribution in [-0.4, -0.2) is 11.4 Å². The van der Waals surface area contributed by atoms with Gasteiger partial charge in [-0.15, -0.1) is 11.3 Å². The van der Waals surface area contributed by atoms with E-state index in [0.717, 1.165) is 11.2 Å². The average molecular weight is 843 g/mol. The van der Waals surface area contributed by atoms with Gasteiger partial charge in [-0.25, -0.2) is 0 Å². The van der Waals surface area contributed by atoms with Crippen molar-refractivity contribution < 1.29 is 4.42 Å². The summed E-state index contributed by atoms with van der Waals surface area (Å²) in [6.45, 7) is 18.6. The number of benzene rings is 8. The van der Waals surface area contributed by atoms with Gasteiger partial charge < -0.3 is 13.8 Å². The van der Waals surface area contributed by atoms with Crippen molar-refractivity contribution >= 4 is 104 Å². The molecule has 0 atom stereocenters. The zero-order chi connectivity index (χ0) is 43.3. The number of fused-ring (bicyclic) bond motifs is 19. The Balaban J connectivity index is 1.23. The summed E-state index contributed by atoms with van der Waals surface area (Å²) in [5.41, 5.74) is 21.2. The van der Waals surface area contributed by atoms with Crippen LogP contribution < -0.4 is 15.7 Å². The standard InChI is InChI=1S/C59H47BN2OS/c1-57(2,3)32-21-24-34(25-22-32)62-46-29-38-35-15-9-12-18-42(35)59(7,8)43(38)28-41(46)51-52-37-17-10-13-19-48(37)63-56(52)53-40-27-33(58(4,5)6)23-26-45(40)61-47-30-39-36-16-11-14-20-49(36)64-50(39)31-44(47)60(62)54(51)55(53)61/h9-31H,1-8H3. The van der Waals surface area contributed by atoms with Crippen molar-refractivity contribution in [3.8, 4) is 27.9 Å². The second-order valence-corrected chi connectivity index (χ2v) is 22.4. The van der Waals surface area contributed by atoms with E-state index < -0.39 is 0 Å². The van der Waals surface area contributed by atoms with E-state index in [1.165, 1.54) is 125 Å². The van der Waals surface area contributed by atoms with Gasteiger partial charge in [0.2, 0.25) is 0 Å². The molecular weight excluding hydrogens is 796 g/mol. The van der Waals surface area contributed by atoms with Crippen LogP contribution in [0.2, 0.25) is 0 Å². The van der Waals surface area contributed by atoms with Crippen molar-refractivity contribution in [3.63, 3.8) is 0 Å². The van der Waals surface area contributed by atoms with E-state index in [-0.39, 0.29) is 23.1 Å². The van der Waals surface area contributed by atoms with Gasteiger partial charge >= 0.3 is 6.85 Å². The van der Waals surface area contributed by atoms with Crippen LogP contribution in [0.1, 0.15) is 77.6 Å². The van der Waals surface area contributed by atoms with Crippen LogP contribution in [-0.2, 0) is 16.2 Å². The molecule has 5 heterocycles. The molecule has 3 aromatic heterocycles. The number of aromatic nitrogens is 1. The first-order chi connectivity index (χ1) is 30.8. The van der Waals surface area contributed by atoms with Crippen LogP contribution in [0.15, 0.2) is 144 Å². The number of thiophene rings is 1. The predicted octanol–water partition coefficient (Wildman–Crippen LogP) is 15.2. The molecular formula is C59H47BN2OS. The van der Waals surface area contributed by atoms with Gasteiger partial charge in [0, 0.05) is 64.4 Å². The average Bonchev–Trinajstić information content (AvgIpc) is 4.01. The molecule has 0 saturated heterocycles. The maximum absolute atomic E-state index is 7.27. The molecule has 0 N–H and O–H groups in total. The fraction of sp³-hybridized carbons (Fsp3) is 0.186. The molecule has 5 heteroatoms. The molecule has 8 aromatic carbocycles. The summed E-state index contributed by atoms with van der Waals surface area (Å²) in [5.74, 6) is 0. The minimum absolute atomic E-state index is 0.0260. The lowest BCUT2D eigenvalue weighted by Gasteiger charge is -2.43. The number of hydrogen-bond acceptors (Lipinski definition) is 3. The van der Waals surface area contributed by atoms with E-state index >= 15 is 0 Å². The number of para-hydroxylation sites is 1. The lowest BCUT2D eigenvalue weighted by atomic mass is 9.43. The Morgan fingerprint density at radius 2 is 1.28 bits per heavy atom. The zero-order valence-corrected chi connectivity index (χ0v) is 38.4. The van der Waals surface area contributed by atoms with Gasteiger partial charge in [-0.05, 0) is 121 Å². The fourth-order valence-electron chi connectivity index (χ4n) is 12.1. The Morgan fingerprint density at radius 1 is 0.562 bits per heavy atom. The zero-order valence-electron chi connectivity index (χ0n) is 37.6. The van der Waals surface area contributed by atoms with Gasteiger partial charge in [0.1, 0.15) is 11.2 Å². The molecule has 0 amide bonds. The maximum atomic E-state index is 7.27. The molecule has 14 rings (SSSR count). The molecule has 0 spiro atoms. The second-order valence-electron chi connectivity index (χ2n) is 21.3. The van der Waals surface area contributed by atoms with Gasteiger partial charge in [0.05, 0.1) is 16.4 Å². The third-order valence-electron chi connectivity index (χ3n) is 15.3. The van der Waals surface area contributed by atoms with Crippen LogP contribution in [0.4, 0.5) is 11.4 Å². The Hall–Kier alpha value is -6.56. The second kappa shape index (κ2) is 12.0. The van der Waals surface area contributed by atoms with Crippen molar-refractivity contribution in [2.45, 2.75) is 71.6 Å². The topological polar surface area (TPSA) is 21.3 Å². The summed E-state index contributed by atoms with van der Waals surface area (Å²) >= 11 is 1.91. The van der Waals surface area contributed by atoms with Crippen LogP contribution in [0, 0.1) is 0 Å². The van der Waals surface area contributed by atoms with Crippen molar-refractivity contribution in [1.82, 2.24) is 4.57 Å². The highest BCUT2D eigenvalue weighted by molar-refractivity contribution is 7.26. The first-order valence-electron chi connectivity index (χ1n) is 22.9. The van der Waals surface area contributed by atoms with Crippen LogP contribution in [0.25, 0.3) is 91.9 Å². The number of nitrogens with zero attached hydrogens (tertiary/aromatic N) is 2. The van der Waals surface area contributed by atoms with Gasteiger partial charge in [0.25, 0.3) is 0 Å². The summed E-state index contributed by atoms with van der Waals surface area (Å²) in [7, 11) is 0. The van der Waals surface area contributed by atoms with Crippen LogP contribution in [0.5, 0.6) is 0 Å². The molecule has 308 valence electrons. The molecule has 0 unspecified atom stereocenters. The maximum Gasteiger partial charge on any atom is 0.333 e. The molecule has 11 aromatic rings. The smallest absolute Gasteiger partial charge is 0.333 e. The van der Waals surface area contributed by atoms with Crippen molar-refractivity contribution in [2.24, 2.45) is 0 Å². The van der Waals surface area contributed by atoms with Crippen molar-refractivity contribution in [1.29, 1.82) is 0 Å². The molecule has 64 heavy (non-hydrogen) atoms. The lowest BCUT2D eigenvalue weighted by Crippen LogP contribution is -2.60. The molecule has 1 aliphatic carbocycles. The van der Waals surface area contributed by atoms with Crippen LogP contribution >= 0.6 is 11.3 Å². The van der Waals surface area contributed by atoms with E-state index in [1.807, 2.05) is 11.3 Å². The third kappa shape index (κ3) is 4.58. The van der Waals surface area contributed by atoms with Crippen molar-refractivity contribution in [2.75, 3.05) is 4.81 Å². The number of furan rings is 1. The molecule has 0 radical (unpaired) electrons. The molecule has 2 aliphatic heterocycles. The predicted molar refractivity (Wildman–Crippen MR) is 275 cm³/mol. The lowest BCUT2D eigenvalue weighted by molar-refractivity contribution is 0.590. The fourth-order valence-corrected chi connectivity index (χ4v) is 13.2. The highest BCUT2D eigenvalue weighted by Crippen LogP contribution is 2.57. The Kier molecular flexibility index (Phi) is 6.89. The molecule has 0 saturated carbocycles. The van der Waals surface area contributed by atoms with E-state index in [2.05, 4.69) is 204 Å². The number of anilines is 2. The third-order valence-corrected chi connectivity index (χ3v) is 16.4. The number of rotatable bonds is 1. The molecule has 3 nitrogen and oxygen atoms in total. The van der Waals surface area contributed by atoms with Gasteiger partial charge in [-0.3, -0.25) is 0 Å². The minimum atomic E-state index is -0.173. The molecule has 0 bridgehead atoms. The minimum Gasteiger partial charge on any atom is -0.455 e. The first kappa shape index (κ1) is 36.9. The van der Waals surface area contributed by atoms with Crippen LogP contribution in [0.3, 0.4) is 0 Å². The normalized spacial score (nSPS) is 14.9. The Labute approximate surface area is 377 Å². The van der Waals surface area contributed by atoms with E-state index in [4.69, 9.17) is 4.42 Å². The quantitative estimate of drug-likeness (QED) is 0.154. The number of hydrogen-bond donors (Lipinski definition) is 0. The first-order valence-corrected chi connectivity index (χ1v) is 23.7. The summed E-state index contributed by atoms with van der Waals surface area (Å²) in [5, 5.41) is 7.45. The summed E-state index contributed by atoms with van der Waals surface area (Å²) in [4.78, 5) is 2.71. The summed E-state index contributed by atoms with van der Waals surface area (Å²) in [6, 6.07) is 53.7. The largest absolute Gasteiger partial charge is 0.455 e. The highest BCUT2D eigenvalue weighted by Gasteiger charge is 2.48. The molecule has 0 fully saturated rings. The van der Waals surface area contributed by atoms with Gasteiger partial charge in [0.15, 0.2) is 0 Å².